The van der Waals surface area contributed by atoms with Gasteiger partial charge in [-0.3, -0.25) is 0 Å². The molecular formula is C16H23NO. The molecule has 0 radical (unpaired) electrons. The van der Waals surface area contributed by atoms with Crippen LogP contribution in [0.15, 0.2) is 42.5 Å². The molecule has 0 saturated heterocycles. The molecule has 18 heavy (non-hydrogen) atoms. The Morgan fingerprint density at radius 1 is 1.11 bits per heavy atom. The Hall–Kier alpha value is -1.12. The van der Waals surface area contributed by atoms with E-state index in [-0.39, 0.29) is 18.2 Å². The number of benzene rings is 1. The molecule has 0 heterocycles. The minimum atomic E-state index is -0.235. The first-order valence-electron chi connectivity index (χ1n) is 6.91. The van der Waals surface area contributed by atoms with Gasteiger partial charge in [0.25, 0.3) is 0 Å². The summed E-state index contributed by atoms with van der Waals surface area (Å²) in [5, 5.41) is 13.7. The summed E-state index contributed by atoms with van der Waals surface area (Å²) in [6, 6.07) is 10.9. The molecule has 2 nitrogen and oxygen atoms in total. The van der Waals surface area contributed by atoms with Gasteiger partial charge in [0.15, 0.2) is 0 Å². The number of rotatable bonds is 3. The highest BCUT2D eigenvalue weighted by atomic mass is 16.3. The molecule has 2 N–H and O–H groups in total. The minimum Gasteiger partial charge on any atom is -0.391 e. The summed E-state index contributed by atoms with van der Waals surface area (Å²) in [4.78, 5) is 0. The van der Waals surface area contributed by atoms with Crippen LogP contribution in [0.1, 0.15) is 44.2 Å². The highest BCUT2D eigenvalue weighted by Gasteiger charge is 2.21. The number of aliphatic hydroxyl groups is 1. The number of hydrogen-bond donors (Lipinski definition) is 2. The highest BCUT2D eigenvalue weighted by molar-refractivity contribution is 5.18. The Morgan fingerprint density at radius 3 is 2.50 bits per heavy atom. The van der Waals surface area contributed by atoms with Gasteiger partial charge in [-0.1, -0.05) is 42.5 Å². The number of aliphatic hydroxyl groups excluding tert-OH is 1. The molecular weight excluding hydrogens is 222 g/mol. The van der Waals surface area contributed by atoms with E-state index in [0.717, 1.165) is 25.7 Å². The summed E-state index contributed by atoms with van der Waals surface area (Å²) >= 11 is 0. The van der Waals surface area contributed by atoms with Crippen molar-refractivity contribution in [2.75, 3.05) is 0 Å². The third-order valence-electron chi connectivity index (χ3n) is 3.67. The van der Waals surface area contributed by atoms with Crippen LogP contribution in [0.2, 0.25) is 0 Å². The van der Waals surface area contributed by atoms with Crippen molar-refractivity contribution in [3.63, 3.8) is 0 Å². The zero-order chi connectivity index (χ0) is 12.8. The van der Waals surface area contributed by atoms with Gasteiger partial charge < -0.3 is 10.4 Å². The molecule has 0 aliphatic heterocycles. The fourth-order valence-corrected chi connectivity index (χ4v) is 2.53. The van der Waals surface area contributed by atoms with E-state index in [9.17, 15) is 5.11 Å². The minimum absolute atomic E-state index is 0.199. The van der Waals surface area contributed by atoms with Crippen LogP contribution >= 0.6 is 0 Å². The fourth-order valence-electron chi connectivity index (χ4n) is 2.53. The Kier molecular flexibility index (Phi) is 4.97. The topological polar surface area (TPSA) is 32.3 Å². The Morgan fingerprint density at radius 2 is 1.78 bits per heavy atom. The van der Waals surface area contributed by atoms with E-state index in [1.54, 1.807) is 0 Å². The molecule has 0 spiro atoms. The summed E-state index contributed by atoms with van der Waals surface area (Å²) in [5.74, 6) is 0. The van der Waals surface area contributed by atoms with Crippen molar-refractivity contribution in [1.29, 1.82) is 0 Å². The van der Waals surface area contributed by atoms with Crippen LogP contribution in [0.5, 0.6) is 0 Å². The standard InChI is InChI=1S/C16H23NO/c1-13(14-9-5-4-6-10-14)17-15-11-7-2-3-8-12-16(15)18/h2-6,9-10,13,15-18H,7-8,11-12H2,1H3/t13-,15+,16+/m1/s1. The molecule has 1 aromatic rings. The normalized spacial score (nSPS) is 26.3. The molecule has 0 aromatic heterocycles. The average Bonchev–Trinajstić information content (AvgIpc) is 2.39. The molecule has 0 bridgehead atoms. The predicted molar refractivity (Wildman–Crippen MR) is 75.4 cm³/mol. The lowest BCUT2D eigenvalue weighted by molar-refractivity contribution is 0.108. The molecule has 0 amide bonds. The van der Waals surface area contributed by atoms with Crippen LogP contribution in [0.25, 0.3) is 0 Å². The van der Waals surface area contributed by atoms with Crippen molar-refractivity contribution in [3.8, 4) is 0 Å². The Balaban J connectivity index is 1.96. The van der Waals surface area contributed by atoms with E-state index in [4.69, 9.17) is 0 Å². The first kappa shape index (κ1) is 13.3. The zero-order valence-electron chi connectivity index (χ0n) is 11.0. The van der Waals surface area contributed by atoms with Gasteiger partial charge in [0.2, 0.25) is 0 Å². The second kappa shape index (κ2) is 6.72. The summed E-state index contributed by atoms with van der Waals surface area (Å²) < 4.78 is 0. The van der Waals surface area contributed by atoms with E-state index >= 15 is 0 Å². The summed E-state index contributed by atoms with van der Waals surface area (Å²) in [6.45, 7) is 2.16. The van der Waals surface area contributed by atoms with Crippen molar-refractivity contribution in [2.24, 2.45) is 0 Å². The molecule has 1 aliphatic carbocycles. The molecule has 1 aliphatic rings. The van der Waals surface area contributed by atoms with Gasteiger partial charge in [-0.05, 0) is 38.2 Å². The van der Waals surface area contributed by atoms with Crippen LogP contribution in [-0.2, 0) is 0 Å². The number of allylic oxidation sites excluding steroid dienone is 2. The maximum absolute atomic E-state index is 10.2. The fraction of sp³-hybridized carbons (Fsp3) is 0.500. The zero-order valence-corrected chi connectivity index (χ0v) is 11.0. The Labute approximate surface area is 110 Å². The number of nitrogens with one attached hydrogen (secondary N) is 1. The lowest BCUT2D eigenvalue weighted by Gasteiger charge is -2.28. The maximum atomic E-state index is 10.2. The predicted octanol–water partition coefficient (Wildman–Crippen LogP) is 3.20. The number of hydrogen-bond acceptors (Lipinski definition) is 2. The molecule has 0 fully saturated rings. The lowest BCUT2D eigenvalue weighted by Crippen LogP contribution is -2.41. The van der Waals surface area contributed by atoms with Crippen molar-refractivity contribution < 1.29 is 5.11 Å². The van der Waals surface area contributed by atoms with Crippen molar-refractivity contribution >= 4 is 0 Å². The molecule has 2 heteroatoms. The summed E-state index contributed by atoms with van der Waals surface area (Å²) in [5.41, 5.74) is 1.28. The summed E-state index contributed by atoms with van der Waals surface area (Å²) in [7, 11) is 0. The van der Waals surface area contributed by atoms with Gasteiger partial charge in [0, 0.05) is 12.1 Å². The van der Waals surface area contributed by atoms with Crippen molar-refractivity contribution in [1.82, 2.24) is 5.32 Å². The van der Waals surface area contributed by atoms with Gasteiger partial charge in [-0.25, -0.2) is 0 Å². The van der Waals surface area contributed by atoms with Gasteiger partial charge >= 0.3 is 0 Å². The highest BCUT2D eigenvalue weighted by Crippen LogP contribution is 2.18. The van der Waals surface area contributed by atoms with Crippen LogP contribution in [0.4, 0.5) is 0 Å². The SMILES string of the molecule is C[C@@H](N[C@H]1CCC=CCC[C@@H]1O)c1ccccc1. The third-order valence-corrected chi connectivity index (χ3v) is 3.67. The van der Waals surface area contributed by atoms with Gasteiger partial charge in [-0.15, -0.1) is 0 Å². The van der Waals surface area contributed by atoms with Crippen LogP contribution in [0, 0.1) is 0 Å². The van der Waals surface area contributed by atoms with Crippen LogP contribution < -0.4 is 5.32 Å². The van der Waals surface area contributed by atoms with Gasteiger partial charge in [0.1, 0.15) is 0 Å². The molecule has 0 saturated carbocycles. The molecule has 0 unspecified atom stereocenters. The molecule has 98 valence electrons. The van der Waals surface area contributed by atoms with Gasteiger partial charge in [0.05, 0.1) is 6.10 Å². The van der Waals surface area contributed by atoms with Crippen LogP contribution in [-0.4, -0.2) is 17.3 Å². The molecule has 1 aromatic carbocycles. The van der Waals surface area contributed by atoms with Crippen molar-refractivity contribution in [2.45, 2.75) is 50.8 Å². The lowest BCUT2D eigenvalue weighted by atomic mass is 9.96. The smallest absolute Gasteiger partial charge is 0.0696 e. The Bertz CT molecular complexity index is 374. The quantitative estimate of drug-likeness (QED) is 0.802. The summed E-state index contributed by atoms with van der Waals surface area (Å²) in [6.07, 6.45) is 8.08. The first-order valence-corrected chi connectivity index (χ1v) is 6.91. The average molecular weight is 245 g/mol. The third kappa shape index (κ3) is 3.69. The second-order valence-corrected chi connectivity index (χ2v) is 5.10. The largest absolute Gasteiger partial charge is 0.391 e. The van der Waals surface area contributed by atoms with E-state index < -0.39 is 0 Å². The monoisotopic (exact) mass is 245 g/mol. The molecule has 3 atom stereocenters. The maximum Gasteiger partial charge on any atom is 0.0696 e. The van der Waals surface area contributed by atoms with Gasteiger partial charge in [-0.2, -0.15) is 0 Å². The van der Waals surface area contributed by atoms with Crippen LogP contribution in [0.3, 0.4) is 0 Å². The first-order chi connectivity index (χ1) is 8.77. The van der Waals surface area contributed by atoms with E-state index in [0.29, 0.717) is 0 Å². The van der Waals surface area contributed by atoms with Crippen molar-refractivity contribution in [3.05, 3.63) is 48.0 Å². The second-order valence-electron chi connectivity index (χ2n) is 5.10. The molecule has 2 rings (SSSR count). The van der Waals surface area contributed by atoms with E-state index in [1.807, 2.05) is 6.07 Å². The van der Waals surface area contributed by atoms with E-state index in [1.165, 1.54) is 5.56 Å². The van der Waals surface area contributed by atoms with E-state index in [2.05, 4.69) is 48.7 Å².